The van der Waals surface area contributed by atoms with Gasteiger partial charge < -0.3 is 10.2 Å². The molecular formula is C24H14FN3O5S. The minimum absolute atomic E-state index is 0.0601. The van der Waals surface area contributed by atoms with Crippen LogP contribution in [0.5, 0.6) is 0 Å². The minimum Gasteiger partial charge on any atom is -0.507 e. The number of amides is 1. The number of fused-ring (bicyclic) bond motifs is 1. The van der Waals surface area contributed by atoms with Crippen LogP contribution in [0.2, 0.25) is 0 Å². The Morgan fingerprint density at radius 3 is 2.44 bits per heavy atom. The molecule has 8 nitrogen and oxygen atoms in total. The summed E-state index contributed by atoms with van der Waals surface area (Å²) in [4.78, 5) is 47.3. The highest BCUT2D eigenvalue weighted by atomic mass is 32.1. The predicted molar refractivity (Wildman–Crippen MR) is 122 cm³/mol. The molecule has 1 fully saturated rings. The third-order valence-electron chi connectivity index (χ3n) is 5.39. The normalized spacial score (nSPS) is 17.4. The van der Waals surface area contributed by atoms with Crippen LogP contribution >= 0.6 is 11.3 Å². The lowest BCUT2D eigenvalue weighted by molar-refractivity contribution is -0.132. The third-order valence-corrected chi connectivity index (χ3v) is 6.41. The summed E-state index contributed by atoms with van der Waals surface area (Å²) in [6.07, 6.45) is 3.00. The number of ketones is 1. The van der Waals surface area contributed by atoms with Gasteiger partial charge in [-0.25, -0.2) is 14.2 Å². The Bertz CT molecular complexity index is 1500. The van der Waals surface area contributed by atoms with Crippen molar-refractivity contribution >= 4 is 50.1 Å². The van der Waals surface area contributed by atoms with Crippen molar-refractivity contribution < 1.29 is 29.0 Å². The lowest BCUT2D eigenvalue weighted by Gasteiger charge is -2.22. The van der Waals surface area contributed by atoms with Gasteiger partial charge in [0.2, 0.25) is 0 Å². The van der Waals surface area contributed by atoms with Crippen LogP contribution in [0.3, 0.4) is 0 Å². The number of aliphatic hydroxyl groups excluding tert-OH is 1. The summed E-state index contributed by atoms with van der Waals surface area (Å²) < 4.78 is 13.9. The maximum atomic E-state index is 13.4. The van der Waals surface area contributed by atoms with E-state index in [2.05, 4.69) is 9.97 Å². The number of aromatic nitrogens is 2. The molecule has 0 saturated carbocycles. The number of nitrogens with zero attached hydrogens (tertiary/aromatic N) is 3. The average molecular weight is 475 g/mol. The first kappa shape index (κ1) is 21.4. The fraction of sp³-hybridized carbons (Fsp3) is 0.0417. The Labute approximate surface area is 195 Å². The van der Waals surface area contributed by atoms with Gasteiger partial charge in [-0.2, -0.15) is 0 Å². The minimum atomic E-state index is -1.10. The van der Waals surface area contributed by atoms with E-state index in [1.807, 2.05) is 0 Å². The molecule has 1 aliphatic rings. The number of aliphatic hydroxyl groups is 1. The van der Waals surface area contributed by atoms with Crippen LogP contribution in [-0.4, -0.2) is 37.8 Å². The lowest BCUT2D eigenvalue weighted by Crippen LogP contribution is -2.29. The van der Waals surface area contributed by atoms with Gasteiger partial charge in [0.1, 0.15) is 11.6 Å². The van der Waals surface area contributed by atoms with Gasteiger partial charge in [0, 0.05) is 18.0 Å². The number of aromatic carboxylic acids is 1. The Morgan fingerprint density at radius 1 is 1.03 bits per heavy atom. The molecule has 0 aliphatic carbocycles. The Morgan fingerprint density at radius 2 is 1.76 bits per heavy atom. The summed E-state index contributed by atoms with van der Waals surface area (Å²) in [6.45, 7) is 0. The van der Waals surface area contributed by atoms with Crippen molar-refractivity contribution in [1.82, 2.24) is 9.97 Å². The fourth-order valence-electron chi connectivity index (χ4n) is 3.79. The SMILES string of the molecule is O=C1C(=O)N(c2nc3ccc(C(=O)O)cc3s2)C(c2cccnc2)/C1=C(\O)c1ccc(F)cc1. The zero-order chi connectivity index (χ0) is 24.0. The summed E-state index contributed by atoms with van der Waals surface area (Å²) in [7, 11) is 0. The molecule has 10 heteroatoms. The second-order valence-corrected chi connectivity index (χ2v) is 8.46. The van der Waals surface area contributed by atoms with E-state index in [1.54, 1.807) is 12.1 Å². The van der Waals surface area contributed by atoms with Gasteiger partial charge >= 0.3 is 11.9 Å². The summed E-state index contributed by atoms with van der Waals surface area (Å²) in [5.41, 5.74) is 0.954. The zero-order valence-corrected chi connectivity index (χ0v) is 18.0. The first-order chi connectivity index (χ1) is 16.3. The summed E-state index contributed by atoms with van der Waals surface area (Å²) in [5, 5.41) is 20.4. The number of carboxylic acid groups (broad SMARTS) is 1. The quantitative estimate of drug-likeness (QED) is 0.258. The Balaban J connectivity index is 1.70. The van der Waals surface area contributed by atoms with E-state index in [1.165, 1.54) is 47.6 Å². The van der Waals surface area contributed by atoms with E-state index in [4.69, 9.17) is 0 Å². The zero-order valence-electron chi connectivity index (χ0n) is 17.2. The van der Waals surface area contributed by atoms with Gasteiger partial charge in [0.25, 0.3) is 5.78 Å². The summed E-state index contributed by atoms with van der Waals surface area (Å²) in [5.74, 6) is -3.91. The predicted octanol–water partition coefficient (Wildman–Crippen LogP) is 4.15. The Hall–Kier alpha value is -4.44. The number of pyridine rings is 1. The van der Waals surface area contributed by atoms with Crippen molar-refractivity contribution in [2.75, 3.05) is 4.90 Å². The van der Waals surface area contributed by atoms with E-state index in [0.717, 1.165) is 23.5 Å². The molecule has 1 amide bonds. The molecule has 1 unspecified atom stereocenters. The van der Waals surface area contributed by atoms with Crippen LogP contribution in [0.15, 0.2) is 72.6 Å². The van der Waals surface area contributed by atoms with Gasteiger partial charge in [0.05, 0.1) is 27.4 Å². The van der Waals surface area contributed by atoms with Gasteiger partial charge in [-0.3, -0.25) is 19.5 Å². The van der Waals surface area contributed by atoms with Crippen molar-refractivity contribution in [2.24, 2.45) is 0 Å². The molecule has 4 aromatic rings. The molecule has 5 rings (SSSR count). The molecule has 0 radical (unpaired) electrons. The van der Waals surface area contributed by atoms with Crippen LogP contribution < -0.4 is 4.90 Å². The highest BCUT2D eigenvalue weighted by Crippen LogP contribution is 2.44. The number of thiazole rings is 1. The number of benzene rings is 2. The van der Waals surface area contributed by atoms with Crippen LogP contribution in [0, 0.1) is 5.82 Å². The second-order valence-electron chi connectivity index (χ2n) is 7.45. The summed E-state index contributed by atoms with van der Waals surface area (Å²) in [6, 6.07) is 11.5. The number of halogens is 1. The number of rotatable bonds is 4. The first-order valence-electron chi connectivity index (χ1n) is 9.96. The number of carbonyl (C=O) groups is 3. The summed E-state index contributed by atoms with van der Waals surface area (Å²) >= 11 is 1.05. The number of hydrogen-bond acceptors (Lipinski definition) is 7. The third kappa shape index (κ3) is 3.50. The Kier molecular flexibility index (Phi) is 5.14. The van der Waals surface area contributed by atoms with Crippen LogP contribution in [0.4, 0.5) is 9.52 Å². The maximum absolute atomic E-state index is 13.4. The van der Waals surface area contributed by atoms with Gasteiger partial charge in [0.15, 0.2) is 5.13 Å². The lowest BCUT2D eigenvalue weighted by atomic mass is 9.96. The largest absolute Gasteiger partial charge is 0.507 e. The molecule has 34 heavy (non-hydrogen) atoms. The van der Waals surface area contributed by atoms with Crippen LogP contribution in [0.1, 0.15) is 27.5 Å². The monoisotopic (exact) mass is 475 g/mol. The van der Waals surface area contributed by atoms with Crippen molar-refractivity contribution in [1.29, 1.82) is 0 Å². The van der Waals surface area contributed by atoms with Crippen molar-refractivity contribution in [3.05, 3.63) is 95.1 Å². The first-order valence-corrected chi connectivity index (χ1v) is 10.8. The van der Waals surface area contributed by atoms with E-state index in [0.29, 0.717) is 15.8 Å². The molecule has 3 heterocycles. The van der Waals surface area contributed by atoms with E-state index >= 15 is 0 Å². The molecule has 168 valence electrons. The van der Waals surface area contributed by atoms with E-state index < -0.39 is 35.3 Å². The molecular weight excluding hydrogens is 461 g/mol. The van der Waals surface area contributed by atoms with Crippen molar-refractivity contribution in [3.63, 3.8) is 0 Å². The van der Waals surface area contributed by atoms with Gasteiger partial charge in [-0.05, 0) is 54.1 Å². The van der Waals surface area contributed by atoms with E-state index in [-0.39, 0.29) is 21.8 Å². The molecule has 0 spiro atoms. The number of carbonyl (C=O) groups excluding carboxylic acids is 2. The molecule has 1 saturated heterocycles. The number of carboxylic acids is 1. The van der Waals surface area contributed by atoms with Gasteiger partial charge in [-0.15, -0.1) is 0 Å². The number of hydrogen-bond donors (Lipinski definition) is 2. The standard InChI is InChI=1S/C24H14FN3O5S/c25-15-6-3-12(4-7-15)20(29)18-19(14-2-1-9-26-11-14)28(22(31)21(18)30)24-27-16-8-5-13(23(32)33)10-17(16)34-24/h1-11,19,29H,(H,32,33)/b20-18+. The van der Waals surface area contributed by atoms with E-state index in [9.17, 15) is 29.0 Å². The highest BCUT2D eigenvalue weighted by Gasteiger charge is 2.48. The number of anilines is 1. The fourth-order valence-corrected chi connectivity index (χ4v) is 4.83. The molecule has 1 atom stereocenters. The van der Waals surface area contributed by atoms with Crippen LogP contribution in [0.25, 0.3) is 16.0 Å². The smallest absolute Gasteiger partial charge is 0.335 e. The van der Waals surface area contributed by atoms with Crippen molar-refractivity contribution in [2.45, 2.75) is 6.04 Å². The highest BCUT2D eigenvalue weighted by molar-refractivity contribution is 7.22. The van der Waals surface area contributed by atoms with Gasteiger partial charge in [-0.1, -0.05) is 17.4 Å². The average Bonchev–Trinajstić information content (AvgIpc) is 3.37. The second kappa shape index (κ2) is 8.16. The van der Waals surface area contributed by atoms with Crippen molar-refractivity contribution in [3.8, 4) is 0 Å². The molecule has 2 N–H and O–H groups in total. The molecule has 1 aliphatic heterocycles. The molecule has 2 aromatic carbocycles. The maximum Gasteiger partial charge on any atom is 0.335 e. The molecule has 2 aromatic heterocycles. The van der Waals surface area contributed by atoms with Crippen LogP contribution in [-0.2, 0) is 9.59 Å². The topological polar surface area (TPSA) is 121 Å². The molecule has 0 bridgehead atoms. The number of Topliss-reactive ketones (excluding diaryl/α,β-unsaturated/α-hetero) is 1.